The van der Waals surface area contributed by atoms with Crippen molar-refractivity contribution in [3.8, 4) is 0 Å². The molecule has 144 valence electrons. The molecule has 0 unspecified atom stereocenters. The van der Waals surface area contributed by atoms with Gasteiger partial charge in [0, 0.05) is 11.1 Å². The average Bonchev–Trinajstić information content (AvgIpc) is 2.63. The summed E-state index contributed by atoms with van der Waals surface area (Å²) in [5.41, 5.74) is -0.773. The normalized spacial score (nSPS) is 14.0. The molecular weight excluding hydrogens is 385 g/mol. The lowest BCUT2D eigenvalue weighted by atomic mass is 9.91. The Morgan fingerprint density at radius 1 is 0.964 bits per heavy atom. The molecule has 0 aliphatic heterocycles. The number of ether oxygens (including phenoxy) is 1. The van der Waals surface area contributed by atoms with E-state index in [9.17, 15) is 18.8 Å². The van der Waals surface area contributed by atoms with Gasteiger partial charge < -0.3 is 4.74 Å². The summed E-state index contributed by atoms with van der Waals surface area (Å²) in [5, 5.41) is -0.404. The molecule has 2 aromatic carbocycles. The number of carbonyl (C=O) groups is 3. The van der Waals surface area contributed by atoms with Crippen LogP contribution < -0.4 is 4.90 Å². The van der Waals surface area contributed by atoms with Crippen LogP contribution in [0.2, 0.25) is 0 Å². The van der Waals surface area contributed by atoms with E-state index in [2.05, 4.69) is 0 Å². The maximum Gasteiger partial charge on any atom is 0.419 e. The smallest absolute Gasteiger partial charge is 0.419 e. The number of carbonyl (C=O) groups excluding carboxylic acids is 3. The molecule has 0 atom stereocenters. The number of anilines is 1. The van der Waals surface area contributed by atoms with E-state index >= 15 is 0 Å². The first kappa shape index (κ1) is 19.8. The number of halogens is 2. The Bertz CT molecular complexity index is 1010. The molecule has 0 aromatic heterocycles. The number of rotatable bonds is 2. The molecule has 1 aliphatic rings. The topological polar surface area (TPSA) is 63.7 Å². The van der Waals surface area contributed by atoms with Gasteiger partial charge in [-0.15, -0.1) is 0 Å². The third-order valence-electron chi connectivity index (χ3n) is 3.92. The quantitative estimate of drug-likeness (QED) is 0.702. The van der Waals surface area contributed by atoms with Crippen LogP contribution in [0.3, 0.4) is 0 Å². The standard InChI is InChI=1S/C21H17ClFNO4/c1-21(2,3)28-20(27)24(13-10-8-12(23)9-11-13)17-16(22)18(25)14-6-4-5-7-15(14)19(17)26/h4-11H,1-3H3. The van der Waals surface area contributed by atoms with E-state index in [-0.39, 0.29) is 22.5 Å². The lowest BCUT2D eigenvalue weighted by molar-refractivity contribution is 0.0586. The second-order valence-corrected chi connectivity index (χ2v) is 7.54. The third kappa shape index (κ3) is 3.68. The fourth-order valence-corrected chi connectivity index (χ4v) is 3.03. The second kappa shape index (κ2) is 7.20. The highest BCUT2D eigenvalue weighted by atomic mass is 35.5. The number of hydrogen-bond donors (Lipinski definition) is 0. The summed E-state index contributed by atoms with van der Waals surface area (Å²) < 4.78 is 18.8. The molecule has 3 rings (SSSR count). The first-order chi connectivity index (χ1) is 13.1. The predicted octanol–water partition coefficient (Wildman–Crippen LogP) is 5.10. The van der Waals surface area contributed by atoms with Crippen LogP contribution >= 0.6 is 11.6 Å². The first-order valence-electron chi connectivity index (χ1n) is 8.47. The summed E-state index contributed by atoms with van der Waals surface area (Å²) in [6, 6.07) is 11.1. The molecule has 28 heavy (non-hydrogen) atoms. The van der Waals surface area contributed by atoms with Gasteiger partial charge in [-0.25, -0.2) is 14.1 Å². The minimum absolute atomic E-state index is 0.127. The van der Waals surface area contributed by atoms with Crippen LogP contribution in [-0.4, -0.2) is 23.3 Å². The lowest BCUT2D eigenvalue weighted by Gasteiger charge is -2.30. The summed E-state index contributed by atoms with van der Waals surface area (Å²) in [5.74, 6) is -1.71. The van der Waals surface area contributed by atoms with Crippen LogP contribution in [0.1, 0.15) is 41.5 Å². The molecule has 1 aliphatic carbocycles. The van der Waals surface area contributed by atoms with E-state index in [1.807, 2.05) is 0 Å². The number of ketones is 2. The Labute approximate surface area is 166 Å². The molecular formula is C21H17ClFNO4. The van der Waals surface area contributed by atoms with Gasteiger partial charge in [-0.3, -0.25) is 9.59 Å². The van der Waals surface area contributed by atoms with Gasteiger partial charge in [-0.1, -0.05) is 35.9 Å². The predicted molar refractivity (Wildman–Crippen MR) is 103 cm³/mol. The largest absolute Gasteiger partial charge is 0.443 e. The van der Waals surface area contributed by atoms with Gasteiger partial charge in [0.2, 0.25) is 11.6 Å². The molecule has 1 amide bonds. The average molecular weight is 402 g/mol. The van der Waals surface area contributed by atoms with Crippen molar-refractivity contribution < 1.29 is 23.5 Å². The van der Waals surface area contributed by atoms with Gasteiger partial charge in [-0.05, 0) is 45.0 Å². The van der Waals surface area contributed by atoms with E-state index in [4.69, 9.17) is 16.3 Å². The Hall–Kier alpha value is -2.99. The number of hydrogen-bond acceptors (Lipinski definition) is 4. The Morgan fingerprint density at radius 3 is 2.04 bits per heavy atom. The van der Waals surface area contributed by atoms with E-state index in [1.165, 1.54) is 24.3 Å². The summed E-state index contributed by atoms with van der Waals surface area (Å²) >= 11 is 6.23. The number of fused-ring (bicyclic) bond motifs is 1. The fraction of sp³-hybridized carbons (Fsp3) is 0.190. The van der Waals surface area contributed by atoms with Gasteiger partial charge in [0.1, 0.15) is 22.1 Å². The van der Waals surface area contributed by atoms with Gasteiger partial charge in [-0.2, -0.15) is 0 Å². The van der Waals surface area contributed by atoms with Crippen molar-refractivity contribution in [2.45, 2.75) is 26.4 Å². The summed E-state index contributed by atoms with van der Waals surface area (Å²) in [7, 11) is 0. The maximum absolute atomic E-state index is 13.4. The van der Waals surface area contributed by atoms with Crippen molar-refractivity contribution in [2.24, 2.45) is 0 Å². The summed E-state index contributed by atoms with van der Waals surface area (Å²) in [6.07, 6.45) is -0.909. The van der Waals surface area contributed by atoms with Crippen LogP contribution in [0.5, 0.6) is 0 Å². The molecule has 5 nitrogen and oxygen atoms in total. The molecule has 7 heteroatoms. The Balaban J connectivity index is 2.18. The number of amides is 1. The fourth-order valence-electron chi connectivity index (χ4n) is 2.76. The molecule has 2 aromatic rings. The number of Topliss-reactive ketones (excluding diaryl/α,β-unsaturated/α-hetero) is 2. The minimum Gasteiger partial charge on any atom is -0.443 e. The van der Waals surface area contributed by atoms with Gasteiger partial charge in [0.25, 0.3) is 0 Å². The zero-order valence-electron chi connectivity index (χ0n) is 15.5. The second-order valence-electron chi connectivity index (χ2n) is 7.16. The van der Waals surface area contributed by atoms with E-state index in [0.29, 0.717) is 0 Å². The molecule has 0 fully saturated rings. The maximum atomic E-state index is 13.4. The molecule has 0 saturated heterocycles. The van der Waals surface area contributed by atoms with E-state index in [0.717, 1.165) is 17.0 Å². The zero-order chi connectivity index (χ0) is 20.6. The van der Waals surface area contributed by atoms with Gasteiger partial charge >= 0.3 is 6.09 Å². The highest BCUT2D eigenvalue weighted by Crippen LogP contribution is 2.34. The summed E-state index contributed by atoms with van der Waals surface area (Å²) in [6.45, 7) is 4.98. The SMILES string of the molecule is CC(C)(C)OC(=O)N(C1=C(Cl)C(=O)c2ccccc2C1=O)c1ccc(F)cc1. The zero-order valence-corrected chi connectivity index (χ0v) is 16.2. The summed E-state index contributed by atoms with van der Waals surface area (Å²) in [4.78, 5) is 39.6. The van der Waals surface area contributed by atoms with Crippen LogP contribution in [0.15, 0.2) is 59.3 Å². The van der Waals surface area contributed by atoms with Crippen molar-refractivity contribution in [3.05, 3.63) is 76.2 Å². The van der Waals surface area contributed by atoms with Crippen molar-refractivity contribution in [2.75, 3.05) is 4.90 Å². The van der Waals surface area contributed by atoms with E-state index in [1.54, 1.807) is 32.9 Å². The van der Waals surface area contributed by atoms with E-state index < -0.39 is 34.1 Å². The van der Waals surface area contributed by atoms with Crippen molar-refractivity contribution in [3.63, 3.8) is 0 Å². The van der Waals surface area contributed by atoms with Crippen LogP contribution in [-0.2, 0) is 4.74 Å². The third-order valence-corrected chi connectivity index (χ3v) is 4.27. The number of allylic oxidation sites excluding steroid dienone is 2. The lowest BCUT2D eigenvalue weighted by Crippen LogP contribution is -2.41. The Kier molecular flexibility index (Phi) is 5.08. The molecule has 0 heterocycles. The minimum atomic E-state index is -0.909. The Morgan fingerprint density at radius 2 is 1.50 bits per heavy atom. The molecule has 0 radical (unpaired) electrons. The van der Waals surface area contributed by atoms with Crippen LogP contribution in [0.4, 0.5) is 14.9 Å². The molecule has 0 N–H and O–H groups in total. The molecule has 0 spiro atoms. The van der Waals surface area contributed by atoms with Crippen molar-refractivity contribution in [1.82, 2.24) is 0 Å². The highest BCUT2D eigenvalue weighted by Gasteiger charge is 2.38. The monoisotopic (exact) mass is 401 g/mol. The van der Waals surface area contributed by atoms with Gasteiger partial charge in [0.05, 0.1) is 5.69 Å². The van der Waals surface area contributed by atoms with Crippen LogP contribution in [0.25, 0.3) is 0 Å². The van der Waals surface area contributed by atoms with Gasteiger partial charge in [0.15, 0.2) is 0 Å². The number of benzene rings is 2. The molecule has 0 saturated carbocycles. The first-order valence-corrected chi connectivity index (χ1v) is 8.85. The van der Waals surface area contributed by atoms with Crippen molar-refractivity contribution in [1.29, 1.82) is 0 Å². The van der Waals surface area contributed by atoms with Crippen molar-refractivity contribution >= 4 is 34.9 Å². The molecule has 0 bridgehead atoms. The van der Waals surface area contributed by atoms with Crippen LogP contribution in [0, 0.1) is 5.82 Å². The number of nitrogens with zero attached hydrogens (tertiary/aromatic N) is 1. The highest BCUT2D eigenvalue weighted by molar-refractivity contribution is 6.50.